The molecule has 9 nitrogen and oxygen atoms in total. The van der Waals surface area contributed by atoms with Gasteiger partial charge in [0.15, 0.2) is 10.6 Å². The number of aryl methyl sites for hydroxylation is 1. The second-order valence-electron chi connectivity index (χ2n) is 10.2. The van der Waals surface area contributed by atoms with E-state index in [2.05, 4.69) is 31.2 Å². The monoisotopic (exact) mass is 647 g/mol. The number of aromatic nitrogens is 4. The van der Waals surface area contributed by atoms with Crippen LogP contribution in [0.4, 0.5) is 22.4 Å². The summed E-state index contributed by atoms with van der Waals surface area (Å²) in [5.41, 5.74) is 4.10. The van der Waals surface area contributed by atoms with Crippen molar-refractivity contribution in [3.8, 4) is 34.6 Å². The van der Waals surface area contributed by atoms with Gasteiger partial charge in [-0.15, -0.1) is 29.6 Å². The van der Waals surface area contributed by atoms with Gasteiger partial charge in [0.25, 0.3) is 0 Å². The summed E-state index contributed by atoms with van der Waals surface area (Å²) in [6, 6.07) is 17.8. The van der Waals surface area contributed by atoms with Crippen LogP contribution in [0.3, 0.4) is 0 Å². The van der Waals surface area contributed by atoms with E-state index in [1.54, 1.807) is 34.9 Å². The molecule has 0 spiro atoms. The number of amides is 2. The number of nitrogens with zero attached hydrogens (tertiary/aromatic N) is 6. The quantitative estimate of drug-likeness (QED) is 0.146. The van der Waals surface area contributed by atoms with E-state index in [0.717, 1.165) is 16.9 Å². The van der Waals surface area contributed by atoms with E-state index >= 15 is 0 Å². The molecule has 2 heterocycles. The van der Waals surface area contributed by atoms with Crippen LogP contribution >= 0.6 is 11.3 Å². The fourth-order valence-corrected chi connectivity index (χ4v) is 5.37. The first-order valence-corrected chi connectivity index (χ1v) is 14.6. The minimum absolute atomic E-state index is 0.0284. The third-order valence-electron chi connectivity index (χ3n) is 6.67. The standard InChI is InChI=1S/C32H25F4N7O2S/c1-19(2)27-14-24(33)8-13-28(27)43-20(3)17-46-31(43)40-30(44)38-16-23(15-37)21-4-6-22(7-5-21)29-39-18-42(41-29)25-9-11-26(12-10-25)45-32(34,35)36/h4-14,16-19H,1-3H3,(H,38,44)/b23-16+,40-31-. The number of hydrogen-bond acceptors (Lipinski definition) is 6. The van der Waals surface area contributed by atoms with Crippen molar-refractivity contribution in [3.63, 3.8) is 0 Å². The third-order valence-corrected chi connectivity index (χ3v) is 7.61. The van der Waals surface area contributed by atoms with E-state index in [1.165, 1.54) is 64.9 Å². The van der Waals surface area contributed by atoms with Gasteiger partial charge in [-0.2, -0.15) is 10.3 Å². The summed E-state index contributed by atoms with van der Waals surface area (Å²) in [6.07, 6.45) is -2.10. The predicted molar refractivity (Wildman–Crippen MR) is 164 cm³/mol. The van der Waals surface area contributed by atoms with Gasteiger partial charge in [-0.3, -0.25) is 4.57 Å². The smallest absolute Gasteiger partial charge is 0.406 e. The molecule has 0 radical (unpaired) electrons. The van der Waals surface area contributed by atoms with Crippen molar-refractivity contribution >= 4 is 22.9 Å². The van der Waals surface area contributed by atoms with Crippen LogP contribution < -0.4 is 14.9 Å². The molecule has 14 heteroatoms. The van der Waals surface area contributed by atoms with Crippen LogP contribution in [-0.4, -0.2) is 31.7 Å². The van der Waals surface area contributed by atoms with Crippen molar-refractivity contribution in [1.82, 2.24) is 24.6 Å². The molecule has 0 aliphatic rings. The summed E-state index contributed by atoms with van der Waals surface area (Å²) < 4.78 is 58.3. The van der Waals surface area contributed by atoms with Crippen molar-refractivity contribution < 1.29 is 27.1 Å². The molecule has 1 N–H and O–H groups in total. The third kappa shape index (κ3) is 7.39. The number of urea groups is 1. The molecule has 2 amide bonds. The molecule has 0 saturated heterocycles. The number of ether oxygens (including phenoxy) is 1. The lowest BCUT2D eigenvalue weighted by Gasteiger charge is -2.15. The molecule has 5 rings (SSSR count). The van der Waals surface area contributed by atoms with E-state index in [-0.39, 0.29) is 23.1 Å². The number of alkyl halides is 3. The van der Waals surface area contributed by atoms with Gasteiger partial charge in [0.1, 0.15) is 24.0 Å². The summed E-state index contributed by atoms with van der Waals surface area (Å²) in [4.78, 5) is 21.6. The summed E-state index contributed by atoms with van der Waals surface area (Å²) >= 11 is 1.26. The highest BCUT2D eigenvalue weighted by molar-refractivity contribution is 7.07. The lowest BCUT2D eigenvalue weighted by molar-refractivity contribution is -0.274. The Hall–Kier alpha value is -5.55. The van der Waals surface area contributed by atoms with Gasteiger partial charge in [0.05, 0.1) is 16.9 Å². The SMILES string of the molecule is Cc1cs/c(=N\C(=O)N/C=C(\C#N)c2ccc(-c3ncn(-c4ccc(OC(F)(F)F)cc4)n3)cc2)n1-c1ccc(F)cc1C(C)C. The topological polar surface area (TPSA) is 110 Å². The van der Waals surface area contributed by atoms with Gasteiger partial charge >= 0.3 is 12.4 Å². The average molecular weight is 648 g/mol. The number of benzene rings is 3. The number of carbonyl (C=O) groups excluding carboxylic acids is 1. The first-order chi connectivity index (χ1) is 21.9. The molecule has 0 aliphatic heterocycles. The number of rotatable bonds is 7. The summed E-state index contributed by atoms with van der Waals surface area (Å²) in [7, 11) is 0. The van der Waals surface area contributed by atoms with Crippen molar-refractivity contribution in [2.24, 2.45) is 4.99 Å². The zero-order chi connectivity index (χ0) is 33.0. The van der Waals surface area contributed by atoms with Gasteiger partial charge in [-0.25, -0.2) is 18.9 Å². The van der Waals surface area contributed by atoms with E-state index in [0.29, 0.717) is 27.4 Å². The Morgan fingerprint density at radius 2 is 1.83 bits per heavy atom. The molecule has 0 fully saturated rings. The van der Waals surface area contributed by atoms with E-state index in [4.69, 9.17) is 0 Å². The maximum Gasteiger partial charge on any atom is 0.573 e. The van der Waals surface area contributed by atoms with E-state index in [1.807, 2.05) is 26.2 Å². The number of hydrogen-bond donors (Lipinski definition) is 1. The highest BCUT2D eigenvalue weighted by Gasteiger charge is 2.31. The van der Waals surface area contributed by atoms with Crippen LogP contribution in [0.25, 0.3) is 28.3 Å². The van der Waals surface area contributed by atoms with E-state index < -0.39 is 12.4 Å². The highest BCUT2D eigenvalue weighted by atomic mass is 32.1. The molecule has 0 unspecified atom stereocenters. The molecule has 0 atom stereocenters. The van der Waals surface area contributed by atoms with Gasteiger partial charge < -0.3 is 10.1 Å². The number of halogens is 4. The van der Waals surface area contributed by atoms with Crippen LogP contribution in [0.15, 0.2) is 89.6 Å². The molecule has 0 saturated carbocycles. The molecule has 0 bridgehead atoms. The number of thiazole rings is 1. The molecule has 3 aromatic carbocycles. The van der Waals surface area contributed by atoms with Crippen molar-refractivity contribution in [3.05, 3.63) is 112 Å². The second kappa shape index (κ2) is 13.2. The lowest BCUT2D eigenvalue weighted by Crippen LogP contribution is -2.22. The fourth-order valence-electron chi connectivity index (χ4n) is 4.51. The van der Waals surface area contributed by atoms with Crippen LogP contribution in [-0.2, 0) is 0 Å². The van der Waals surface area contributed by atoms with Gasteiger partial charge in [0.2, 0.25) is 0 Å². The van der Waals surface area contributed by atoms with Crippen molar-refractivity contribution in [2.75, 3.05) is 0 Å². The Balaban J connectivity index is 1.31. The molecule has 0 aliphatic carbocycles. The second-order valence-corrected chi connectivity index (χ2v) is 11.1. The number of carbonyl (C=O) groups is 1. The highest BCUT2D eigenvalue weighted by Crippen LogP contribution is 2.26. The minimum atomic E-state index is -4.79. The Morgan fingerprint density at radius 1 is 1.11 bits per heavy atom. The molecule has 2 aromatic heterocycles. The zero-order valence-electron chi connectivity index (χ0n) is 24.6. The van der Waals surface area contributed by atoms with Crippen LogP contribution in [0.1, 0.15) is 36.6 Å². The molecule has 46 heavy (non-hydrogen) atoms. The first-order valence-electron chi connectivity index (χ1n) is 13.7. The molecular weight excluding hydrogens is 622 g/mol. The van der Waals surface area contributed by atoms with Gasteiger partial charge in [-0.1, -0.05) is 38.1 Å². The molecular formula is C32H25F4N7O2S. The van der Waals surface area contributed by atoms with Crippen LogP contribution in [0, 0.1) is 24.1 Å². The average Bonchev–Trinajstić information content (AvgIpc) is 3.64. The molecule has 234 valence electrons. The van der Waals surface area contributed by atoms with E-state index in [9.17, 15) is 27.6 Å². The fraction of sp³-hybridized carbons (Fsp3) is 0.156. The van der Waals surface area contributed by atoms with Crippen molar-refractivity contribution in [2.45, 2.75) is 33.1 Å². The minimum Gasteiger partial charge on any atom is -0.406 e. The van der Waals surface area contributed by atoms with Gasteiger partial charge in [0, 0.05) is 22.8 Å². The Bertz CT molecular complexity index is 2020. The van der Waals surface area contributed by atoms with Crippen molar-refractivity contribution in [1.29, 1.82) is 5.26 Å². The normalized spacial score (nSPS) is 12.3. The Kier molecular flexibility index (Phi) is 9.15. The molecule has 5 aromatic rings. The lowest BCUT2D eigenvalue weighted by atomic mass is 10.0. The van der Waals surface area contributed by atoms with Crippen LogP contribution in [0.5, 0.6) is 5.75 Å². The largest absolute Gasteiger partial charge is 0.573 e. The summed E-state index contributed by atoms with van der Waals surface area (Å²) in [5.74, 6) is -0.329. The maximum atomic E-state index is 14.0. The first kappa shape index (κ1) is 31.9. The van der Waals surface area contributed by atoms with Gasteiger partial charge in [-0.05, 0) is 66.4 Å². The Morgan fingerprint density at radius 3 is 2.48 bits per heavy atom. The number of allylic oxidation sites excluding steroid dienone is 1. The summed E-state index contributed by atoms with van der Waals surface area (Å²) in [5, 5.41) is 18.5. The van der Waals surface area contributed by atoms with Crippen LogP contribution in [0.2, 0.25) is 0 Å². The Labute approximate surface area is 264 Å². The maximum absolute atomic E-state index is 14.0. The zero-order valence-corrected chi connectivity index (χ0v) is 25.4. The number of nitrogens with one attached hydrogen (secondary N) is 1. The number of nitriles is 1. The summed E-state index contributed by atoms with van der Waals surface area (Å²) in [6.45, 7) is 5.78. The predicted octanol–water partition coefficient (Wildman–Crippen LogP) is 7.43.